The molecule has 0 aliphatic heterocycles. The standard InChI is InChI=1S/C22H24FN5O2/c1-27(2)22(30)14-6-3-5-13(9-14)15-10-19-20(26-18-8-4-7-17(18)23)16(21(24)29)11-25-28(19)12-15/h3,5-6,9-12,17-18,26H,4,7-8H2,1-2H3,(H2,24,29)/t17-,18+/m0/s1. The lowest BCUT2D eigenvalue weighted by atomic mass is 10.0. The van der Waals surface area contributed by atoms with Crippen molar-refractivity contribution < 1.29 is 14.0 Å². The number of alkyl halides is 1. The van der Waals surface area contributed by atoms with Crippen LogP contribution >= 0.6 is 0 Å². The summed E-state index contributed by atoms with van der Waals surface area (Å²) in [5.41, 5.74) is 9.12. The van der Waals surface area contributed by atoms with Crippen LogP contribution in [0.25, 0.3) is 16.6 Å². The van der Waals surface area contributed by atoms with Crippen LogP contribution in [0.1, 0.15) is 40.0 Å². The van der Waals surface area contributed by atoms with Gasteiger partial charge in [-0.1, -0.05) is 12.1 Å². The Morgan fingerprint density at radius 2 is 2.03 bits per heavy atom. The number of aromatic nitrogens is 2. The van der Waals surface area contributed by atoms with Gasteiger partial charge in [-0.2, -0.15) is 5.10 Å². The van der Waals surface area contributed by atoms with Crippen LogP contribution in [0.5, 0.6) is 0 Å². The van der Waals surface area contributed by atoms with Crippen molar-refractivity contribution in [1.82, 2.24) is 14.5 Å². The second-order valence-electron chi connectivity index (χ2n) is 7.83. The number of rotatable bonds is 5. The molecule has 0 saturated heterocycles. The molecule has 1 saturated carbocycles. The van der Waals surface area contributed by atoms with Gasteiger partial charge in [-0.05, 0) is 43.0 Å². The second-order valence-corrected chi connectivity index (χ2v) is 7.83. The molecule has 0 radical (unpaired) electrons. The quantitative estimate of drug-likeness (QED) is 0.677. The van der Waals surface area contributed by atoms with E-state index in [0.717, 1.165) is 17.5 Å². The van der Waals surface area contributed by atoms with Crippen molar-refractivity contribution in [2.24, 2.45) is 5.73 Å². The van der Waals surface area contributed by atoms with Crippen molar-refractivity contribution in [3.8, 4) is 11.1 Å². The average molecular weight is 409 g/mol. The fourth-order valence-electron chi connectivity index (χ4n) is 3.91. The van der Waals surface area contributed by atoms with E-state index in [2.05, 4.69) is 10.4 Å². The Morgan fingerprint density at radius 1 is 1.23 bits per heavy atom. The summed E-state index contributed by atoms with van der Waals surface area (Å²) >= 11 is 0. The molecular weight excluding hydrogens is 385 g/mol. The lowest BCUT2D eigenvalue weighted by Gasteiger charge is -2.19. The minimum Gasteiger partial charge on any atom is -0.377 e. The molecule has 156 valence electrons. The number of nitrogens with zero attached hydrogens (tertiary/aromatic N) is 3. The number of hydrogen-bond donors (Lipinski definition) is 2. The van der Waals surface area contributed by atoms with Crippen molar-refractivity contribution >= 4 is 23.0 Å². The van der Waals surface area contributed by atoms with Crippen molar-refractivity contribution in [1.29, 1.82) is 0 Å². The average Bonchev–Trinajstić information content (AvgIpc) is 3.34. The number of carbonyl (C=O) groups is 2. The Labute approximate surface area is 173 Å². The van der Waals surface area contributed by atoms with Crippen LogP contribution in [-0.4, -0.2) is 52.6 Å². The lowest BCUT2D eigenvalue weighted by molar-refractivity contribution is 0.0827. The summed E-state index contributed by atoms with van der Waals surface area (Å²) in [5, 5.41) is 7.49. The topological polar surface area (TPSA) is 92.7 Å². The first-order chi connectivity index (χ1) is 14.3. The highest BCUT2D eigenvalue weighted by atomic mass is 19.1. The number of hydrogen-bond acceptors (Lipinski definition) is 4. The van der Waals surface area contributed by atoms with E-state index in [9.17, 15) is 14.0 Å². The van der Waals surface area contributed by atoms with Gasteiger partial charge in [0.2, 0.25) is 0 Å². The van der Waals surface area contributed by atoms with E-state index in [-0.39, 0.29) is 17.5 Å². The Hall–Kier alpha value is -3.42. The van der Waals surface area contributed by atoms with Crippen molar-refractivity contribution in [3.05, 3.63) is 53.9 Å². The number of primary amides is 1. The van der Waals surface area contributed by atoms with Gasteiger partial charge in [0, 0.05) is 31.4 Å². The molecule has 1 aliphatic carbocycles. The first-order valence-corrected chi connectivity index (χ1v) is 9.89. The molecule has 0 bridgehead atoms. The summed E-state index contributed by atoms with van der Waals surface area (Å²) < 4.78 is 15.9. The molecule has 8 heteroatoms. The van der Waals surface area contributed by atoms with Gasteiger partial charge in [0.1, 0.15) is 6.17 Å². The van der Waals surface area contributed by atoms with Gasteiger partial charge in [0.05, 0.1) is 29.0 Å². The first kappa shape index (κ1) is 19.9. The van der Waals surface area contributed by atoms with E-state index in [0.29, 0.717) is 29.6 Å². The zero-order valence-electron chi connectivity index (χ0n) is 16.9. The molecule has 2 aromatic heterocycles. The Kier molecular flexibility index (Phi) is 5.15. The molecule has 1 aliphatic rings. The molecule has 2 amide bonds. The highest BCUT2D eigenvalue weighted by Gasteiger charge is 2.29. The minimum atomic E-state index is -0.970. The van der Waals surface area contributed by atoms with E-state index in [4.69, 9.17) is 5.73 Å². The molecule has 7 nitrogen and oxygen atoms in total. The van der Waals surface area contributed by atoms with E-state index < -0.39 is 12.1 Å². The Balaban J connectivity index is 1.79. The van der Waals surface area contributed by atoms with Crippen LogP contribution < -0.4 is 11.1 Å². The van der Waals surface area contributed by atoms with Crippen molar-refractivity contribution in [2.75, 3.05) is 19.4 Å². The molecule has 4 rings (SSSR count). The molecule has 3 N–H and O–H groups in total. The van der Waals surface area contributed by atoms with E-state index in [1.54, 1.807) is 24.7 Å². The number of nitrogens with one attached hydrogen (secondary N) is 1. The smallest absolute Gasteiger partial charge is 0.253 e. The van der Waals surface area contributed by atoms with Crippen LogP contribution in [0, 0.1) is 0 Å². The van der Waals surface area contributed by atoms with Gasteiger partial charge >= 0.3 is 0 Å². The first-order valence-electron chi connectivity index (χ1n) is 9.89. The van der Waals surface area contributed by atoms with Crippen LogP contribution in [0.3, 0.4) is 0 Å². The van der Waals surface area contributed by atoms with E-state index in [1.165, 1.54) is 11.1 Å². The predicted octanol–water partition coefficient (Wildman–Crippen LogP) is 3.10. The molecular formula is C22H24FN5O2. The number of fused-ring (bicyclic) bond motifs is 1. The second kappa shape index (κ2) is 7.78. The molecule has 2 atom stereocenters. The Bertz CT molecular complexity index is 1120. The zero-order chi connectivity index (χ0) is 21.4. The third-order valence-electron chi connectivity index (χ3n) is 5.51. The fraction of sp³-hybridized carbons (Fsp3) is 0.318. The maximum Gasteiger partial charge on any atom is 0.253 e. The highest BCUT2D eigenvalue weighted by molar-refractivity contribution is 6.02. The van der Waals surface area contributed by atoms with Gasteiger partial charge in [-0.3, -0.25) is 9.59 Å². The largest absolute Gasteiger partial charge is 0.377 e. The van der Waals surface area contributed by atoms with Gasteiger partial charge in [0.25, 0.3) is 11.8 Å². The number of benzene rings is 1. The number of amides is 2. The Morgan fingerprint density at radius 3 is 2.70 bits per heavy atom. The maximum atomic E-state index is 14.2. The zero-order valence-corrected chi connectivity index (χ0v) is 16.9. The highest BCUT2D eigenvalue weighted by Crippen LogP contribution is 2.32. The summed E-state index contributed by atoms with van der Waals surface area (Å²) in [5.74, 6) is -0.713. The predicted molar refractivity (Wildman–Crippen MR) is 113 cm³/mol. The number of nitrogens with two attached hydrogens (primary N) is 1. The lowest BCUT2D eigenvalue weighted by Crippen LogP contribution is -2.27. The molecule has 1 aromatic carbocycles. The third-order valence-corrected chi connectivity index (χ3v) is 5.51. The molecule has 30 heavy (non-hydrogen) atoms. The molecule has 3 aromatic rings. The van der Waals surface area contributed by atoms with Gasteiger partial charge in [-0.15, -0.1) is 0 Å². The van der Waals surface area contributed by atoms with Crippen LogP contribution in [0.2, 0.25) is 0 Å². The molecule has 1 fully saturated rings. The molecule has 0 unspecified atom stereocenters. The van der Waals surface area contributed by atoms with E-state index in [1.807, 2.05) is 30.5 Å². The summed E-state index contributed by atoms with van der Waals surface area (Å²) in [6.07, 6.45) is 4.23. The number of halogens is 1. The van der Waals surface area contributed by atoms with Gasteiger partial charge in [-0.25, -0.2) is 8.91 Å². The van der Waals surface area contributed by atoms with Crippen LogP contribution in [0.4, 0.5) is 10.1 Å². The van der Waals surface area contributed by atoms with Gasteiger partial charge < -0.3 is 16.0 Å². The fourth-order valence-corrected chi connectivity index (χ4v) is 3.91. The van der Waals surface area contributed by atoms with Crippen molar-refractivity contribution in [3.63, 3.8) is 0 Å². The summed E-state index contributed by atoms with van der Waals surface area (Å²) in [4.78, 5) is 25.8. The van der Waals surface area contributed by atoms with Crippen LogP contribution in [-0.2, 0) is 0 Å². The molecule has 2 heterocycles. The van der Waals surface area contributed by atoms with Gasteiger partial charge in [0.15, 0.2) is 0 Å². The minimum absolute atomic E-state index is 0.0904. The van der Waals surface area contributed by atoms with Crippen LogP contribution in [0.15, 0.2) is 42.7 Å². The summed E-state index contributed by atoms with van der Waals surface area (Å²) in [6, 6.07) is 8.80. The normalized spacial score (nSPS) is 18.5. The third kappa shape index (κ3) is 3.60. The molecule has 0 spiro atoms. The van der Waals surface area contributed by atoms with E-state index >= 15 is 0 Å². The summed E-state index contributed by atoms with van der Waals surface area (Å²) in [6.45, 7) is 0. The van der Waals surface area contributed by atoms with Crippen molar-refractivity contribution in [2.45, 2.75) is 31.5 Å². The number of carbonyl (C=O) groups excluding carboxylic acids is 2. The SMILES string of the molecule is CN(C)C(=O)c1cccc(-c2cc3c(N[C@@H]4CCC[C@@H]4F)c(C(N)=O)cnn3c2)c1. The monoisotopic (exact) mass is 409 g/mol. The number of anilines is 1. The maximum absolute atomic E-state index is 14.2. The summed E-state index contributed by atoms with van der Waals surface area (Å²) in [7, 11) is 3.41.